The minimum atomic E-state index is -0.874. The van der Waals surface area contributed by atoms with Crippen molar-refractivity contribution in [2.45, 2.75) is 46.5 Å². The molecule has 0 aromatic heterocycles. The summed E-state index contributed by atoms with van der Waals surface area (Å²) in [6.07, 6.45) is 15.4. The monoisotopic (exact) mass is 236 g/mol. The number of unbranched alkanes of at least 4 members (excludes halogenated alkanes) is 2. The van der Waals surface area contributed by atoms with Crippen molar-refractivity contribution in [2.75, 3.05) is 0 Å². The molecule has 0 aliphatic heterocycles. The van der Waals surface area contributed by atoms with Crippen LogP contribution < -0.4 is 0 Å². The molecule has 0 atom stereocenters. The van der Waals surface area contributed by atoms with Crippen molar-refractivity contribution in [1.82, 2.24) is 0 Å². The molecule has 0 aliphatic rings. The zero-order valence-electron chi connectivity index (χ0n) is 11.1. The van der Waals surface area contributed by atoms with Gasteiger partial charge in [-0.15, -0.1) is 0 Å². The Morgan fingerprint density at radius 2 is 1.41 bits per heavy atom. The summed E-state index contributed by atoms with van der Waals surface area (Å²) in [5.74, 6) is -0.874. The largest absolute Gasteiger partial charge is 0.478 e. The van der Waals surface area contributed by atoms with Gasteiger partial charge in [-0.2, -0.15) is 0 Å². The number of hydrogen-bond acceptors (Lipinski definition) is 1. The molecule has 0 unspecified atom stereocenters. The van der Waals surface area contributed by atoms with Crippen molar-refractivity contribution >= 4 is 5.97 Å². The van der Waals surface area contributed by atoms with Crippen LogP contribution in [0.4, 0.5) is 0 Å². The molecule has 0 rings (SSSR count). The van der Waals surface area contributed by atoms with Gasteiger partial charge in [0.25, 0.3) is 0 Å². The first kappa shape index (κ1) is 15.7. The summed E-state index contributed by atoms with van der Waals surface area (Å²) in [7, 11) is 0. The molecule has 0 fully saturated rings. The molecule has 0 aromatic carbocycles. The Morgan fingerprint density at radius 1 is 0.941 bits per heavy atom. The molecule has 96 valence electrons. The average Bonchev–Trinajstić information content (AvgIpc) is 2.18. The summed E-state index contributed by atoms with van der Waals surface area (Å²) in [5.41, 5.74) is 0.269. The van der Waals surface area contributed by atoms with Gasteiger partial charge in [-0.1, -0.05) is 51.2 Å². The molecular formula is C15H24O2. The Morgan fingerprint density at radius 3 is 1.88 bits per heavy atom. The molecule has 0 saturated carbocycles. The number of hydrogen-bond donors (Lipinski definition) is 1. The van der Waals surface area contributed by atoms with E-state index < -0.39 is 5.97 Å². The van der Waals surface area contributed by atoms with Crippen LogP contribution in [-0.2, 0) is 4.79 Å². The van der Waals surface area contributed by atoms with E-state index in [0.29, 0.717) is 0 Å². The fourth-order valence-corrected chi connectivity index (χ4v) is 1.24. The van der Waals surface area contributed by atoms with E-state index in [1.165, 1.54) is 6.08 Å². The number of aliphatic carboxylic acids is 1. The zero-order valence-corrected chi connectivity index (χ0v) is 11.1. The van der Waals surface area contributed by atoms with E-state index in [0.717, 1.165) is 25.7 Å². The highest BCUT2D eigenvalue weighted by atomic mass is 16.4. The van der Waals surface area contributed by atoms with Crippen molar-refractivity contribution < 1.29 is 9.90 Å². The highest BCUT2D eigenvalue weighted by Crippen LogP contribution is 2.15. The van der Waals surface area contributed by atoms with Gasteiger partial charge in [-0.3, -0.25) is 0 Å². The summed E-state index contributed by atoms with van der Waals surface area (Å²) in [4.78, 5) is 10.2. The highest BCUT2D eigenvalue weighted by Gasteiger charge is 2.01. The Bertz CT molecular complexity index is 291. The predicted octanol–water partition coefficient (Wildman–Crippen LogP) is 4.35. The van der Waals surface area contributed by atoms with E-state index in [1.807, 2.05) is 0 Å². The zero-order chi connectivity index (χ0) is 13.1. The first-order valence-electron chi connectivity index (χ1n) is 6.14. The maximum Gasteiger partial charge on any atom is 0.327 e. The lowest BCUT2D eigenvalue weighted by Crippen LogP contribution is -1.97. The topological polar surface area (TPSA) is 37.3 Å². The van der Waals surface area contributed by atoms with Crippen LogP contribution >= 0.6 is 0 Å². The van der Waals surface area contributed by atoms with Crippen LogP contribution in [0.1, 0.15) is 46.5 Å². The van der Waals surface area contributed by atoms with Gasteiger partial charge in [0.05, 0.1) is 0 Å². The maximum absolute atomic E-state index is 10.2. The second kappa shape index (κ2) is 8.80. The number of carbonyl (C=O) groups is 1. The molecule has 0 amide bonds. The molecule has 0 radical (unpaired) electrons. The van der Waals surface area contributed by atoms with E-state index >= 15 is 0 Å². The molecule has 0 bridgehead atoms. The molecule has 0 spiro atoms. The lowest BCUT2D eigenvalue weighted by molar-refractivity contribution is -0.131. The smallest absolute Gasteiger partial charge is 0.327 e. The Balaban J connectivity index is 3.50. The maximum atomic E-state index is 10.2. The summed E-state index contributed by atoms with van der Waals surface area (Å²) >= 11 is 0. The lowest BCUT2D eigenvalue weighted by Gasteiger charge is -2.10. The van der Waals surface area contributed by atoms with Gasteiger partial charge in [0.1, 0.15) is 0 Å². The van der Waals surface area contributed by atoms with Gasteiger partial charge >= 0.3 is 5.97 Å². The summed E-state index contributed by atoms with van der Waals surface area (Å²) in [6, 6.07) is 0. The van der Waals surface area contributed by atoms with Crippen LogP contribution in [0.5, 0.6) is 0 Å². The normalized spacial score (nSPS) is 13.1. The number of allylic oxidation sites excluding steroid dienone is 5. The Kier molecular flexibility index (Phi) is 8.12. The number of carboxylic acid groups (broad SMARTS) is 1. The number of carboxylic acids is 1. The molecule has 17 heavy (non-hydrogen) atoms. The fourth-order valence-electron chi connectivity index (χ4n) is 1.24. The van der Waals surface area contributed by atoms with E-state index in [-0.39, 0.29) is 5.41 Å². The van der Waals surface area contributed by atoms with Crippen LogP contribution in [0.25, 0.3) is 0 Å². The van der Waals surface area contributed by atoms with Gasteiger partial charge in [0.2, 0.25) is 0 Å². The van der Waals surface area contributed by atoms with E-state index in [2.05, 4.69) is 45.1 Å². The van der Waals surface area contributed by atoms with Crippen LogP contribution in [0, 0.1) is 5.41 Å². The first-order valence-corrected chi connectivity index (χ1v) is 6.14. The van der Waals surface area contributed by atoms with Crippen molar-refractivity contribution in [3.05, 3.63) is 36.5 Å². The van der Waals surface area contributed by atoms with Gasteiger partial charge in [-0.05, 0) is 31.1 Å². The molecule has 0 aromatic rings. The number of rotatable bonds is 7. The second-order valence-corrected chi connectivity index (χ2v) is 5.14. The molecule has 0 heterocycles. The minimum Gasteiger partial charge on any atom is -0.478 e. The van der Waals surface area contributed by atoms with Gasteiger partial charge in [0.15, 0.2) is 0 Å². The standard InChI is InChI=1S/C15H24O2/c1-15(2,3)13-11-9-7-5-4-6-8-10-12-14(16)17/h4-5,10-13H,6-9H2,1-3H3,(H,16,17). The van der Waals surface area contributed by atoms with Crippen LogP contribution in [-0.4, -0.2) is 11.1 Å². The second-order valence-electron chi connectivity index (χ2n) is 5.14. The third kappa shape index (κ3) is 14.7. The summed E-state index contributed by atoms with van der Waals surface area (Å²) < 4.78 is 0. The minimum absolute atomic E-state index is 0.269. The van der Waals surface area contributed by atoms with Crippen molar-refractivity contribution in [1.29, 1.82) is 0 Å². The predicted molar refractivity (Wildman–Crippen MR) is 73.0 cm³/mol. The molecule has 1 N–H and O–H groups in total. The van der Waals surface area contributed by atoms with Gasteiger partial charge in [-0.25, -0.2) is 4.79 Å². The fraction of sp³-hybridized carbons (Fsp3) is 0.533. The molecule has 0 aliphatic carbocycles. The lowest BCUT2D eigenvalue weighted by atomic mass is 9.96. The highest BCUT2D eigenvalue weighted by molar-refractivity contribution is 5.79. The van der Waals surface area contributed by atoms with Crippen molar-refractivity contribution in [2.24, 2.45) is 5.41 Å². The molecule has 2 heteroatoms. The van der Waals surface area contributed by atoms with Crippen molar-refractivity contribution in [3.63, 3.8) is 0 Å². The third-order valence-electron chi connectivity index (χ3n) is 2.04. The van der Waals surface area contributed by atoms with Crippen LogP contribution in [0.2, 0.25) is 0 Å². The Labute approximate surface area is 105 Å². The Hall–Kier alpha value is -1.31. The van der Waals surface area contributed by atoms with Crippen molar-refractivity contribution in [3.8, 4) is 0 Å². The first-order chi connectivity index (χ1) is 7.92. The van der Waals surface area contributed by atoms with Gasteiger partial charge in [0, 0.05) is 6.08 Å². The van der Waals surface area contributed by atoms with E-state index in [4.69, 9.17) is 5.11 Å². The van der Waals surface area contributed by atoms with Crippen LogP contribution in [0.3, 0.4) is 0 Å². The van der Waals surface area contributed by atoms with Crippen LogP contribution in [0.15, 0.2) is 36.5 Å². The quantitative estimate of drug-likeness (QED) is 0.405. The van der Waals surface area contributed by atoms with E-state index in [9.17, 15) is 4.79 Å². The molecular weight excluding hydrogens is 212 g/mol. The van der Waals surface area contributed by atoms with Gasteiger partial charge < -0.3 is 5.11 Å². The molecule has 2 nitrogen and oxygen atoms in total. The average molecular weight is 236 g/mol. The summed E-state index contributed by atoms with van der Waals surface area (Å²) in [5, 5.41) is 8.37. The third-order valence-corrected chi connectivity index (χ3v) is 2.04. The molecule has 0 saturated heterocycles. The van der Waals surface area contributed by atoms with E-state index in [1.54, 1.807) is 6.08 Å². The SMILES string of the molecule is CC(C)(C)C=CCCC=CCCC=CC(=O)O. The summed E-state index contributed by atoms with van der Waals surface area (Å²) in [6.45, 7) is 6.57.